The van der Waals surface area contributed by atoms with E-state index in [4.69, 9.17) is 9.84 Å². The van der Waals surface area contributed by atoms with Crippen LogP contribution in [-0.4, -0.2) is 16.8 Å². The molecule has 3 nitrogen and oxygen atoms in total. The van der Waals surface area contributed by atoms with Crippen LogP contribution in [0.15, 0.2) is 36.5 Å². The van der Waals surface area contributed by atoms with Gasteiger partial charge < -0.3 is 14.4 Å². The predicted molar refractivity (Wildman–Crippen MR) is 67.2 cm³/mol. The minimum atomic E-state index is 0.0942. The van der Waals surface area contributed by atoms with Gasteiger partial charge in [0.1, 0.15) is 5.75 Å². The van der Waals surface area contributed by atoms with Crippen molar-refractivity contribution in [2.45, 2.75) is 20.1 Å². The van der Waals surface area contributed by atoms with E-state index in [9.17, 15) is 0 Å². The van der Waals surface area contributed by atoms with Crippen molar-refractivity contribution in [1.29, 1.82) is 0 Å². The zero-order valence-corrected chi connectivity index (χ0v) is 10.2. The summed E-state index contributed by atoms with van der Waals surface area (Å²) in [5.41, 5.74) is 3.27. The summed E-state index contributed by atoms with van der Waals surface area (Å²) >= 11 is 0. The van der Waals surface area contributed by atoms with Crippen molar-refractivity contribution < 1.29 is 9.84 Å². The zero-order chi connectivity index (χ0) is 12.3. The lowest BCUT2D eigenvalue weighted by Gasteiger charge is -2.08. The van der Waals surface area contributed by atoms with E-state index in [1.54, 1.807) is 7.11 Å². The van der Waals surface area contributed by atoms with Gasteiger partial charge in [-0.15, -0.1) is 0 Å². The number of nitrogens with zero attached hydrogens (tertiary/aromatic N) is 1. The molecule has 0 unspecified atom stereocenters. The lowest BCUT2D eigenvalue weighted by Crippen LogP contribution is -2.01. The molecular formula is C14H17NO2. The second-order valence-corrected chi connectivity index (χ2v) is 4.06. The van der Waals surface area contributed by atoms with Gasteiger partial charge in [0.2, 0.25) is 0 Å². The molecule has 0 aliphatic carbocycles. The Bertz CT molecular complexity index is 503. The van der Waals surface area contributed by atoms with Crippen LogP contribution in [-0.2, 0) is 13.2 Å². The van der Waals surface area contributed by atoms with Crippen molar-refractivity contribution >= 4 is 0 Å². The van der Waals surface area contributed by atoms with Gasteiger partial charge in [-0.1, -0.05) is 12.1 Å². The smallest absolute Gasteiger partial charge is 0.119 e. The first-order chi connectivity index (χ1) is 8.24. The zero-order valence-electron chi connectivity index (χ0n) is 10.2. The minimum Gasteiger partial charge on any atom is -0.497 e. The summed E-state index contributed by atoms with van der Waals surface area (Å²) in [5, 5.41) is 9.15. The van der Waals surface area contributed by atoms with Gasteiger partial charge in [-0.3, -0.25) is 0 Å². The van der Waals surface area contributed by atoms with Crippen LogP contribution in [0.5, 0.6) is 5.75 Å². The molecule has 1 N–H and O–H groups in total. The third kappa shape index (κ3) is 2.50. The molecule has 2 aromatic rings. The van der Waals surface area contributed by atoms with E-state index in [1.807, 2.05) is 37.4 Å². The van der Waals surface area contributed by atoms with Crippen LogP contribution < -0.4 is 4.74 Å². The molecule has 1 aromatic carbocycles. The maximum Gasteiger partial charge on any atom is 0.119 e. The van der Waals surface area contributed by atoms with Gasteiger partial charge in [-0.05, 0) is 36.2 Å². The van der Waals surface area contributed by atoms with E-state index in [0.29, 0.717) is 0 Å². The Morgan fingerprint density at radius 1 is 1.29 bits per heavy atom. The number of aromatic nitrogens is 1. The van der Waals surface area contributed by atoms with Crippen molar-refractivity contribution in [3.05, 3.63) is 53.3 Å². The predicted octanol–water partition coefficient (Wildman–Crippen LogP) is 2.35. The summed E-state index contributed by atoms with van der Waals surface area (Å²) < 4.78 is 7.33. The molecule has 3 heteroatoms. The van der Waals surface area contributed by atoms with E-state index in [-0.39, 0.29) is 6.61 Å². The molecule has 0 bridgehead atoms. The maximum absolute atomic E-state index is 9.15. The highest BCUT2D eigenvalue weighted by atomic mass is 16.5. The molecule has 0 radical (unpaired) electrons. The third-order valence-corrected chi connectivity index (χ3v) is 3.01. The normalized spacial score (nSPS) is 10.5. The van der Waals surface area contributed by atoms with Gasteiger partial charge in [0, 0.05) is 18.4 Å². The highest BCUT2D eigenvalue weighted by Gasteiger charge is 2.04. The Kier molecular flexibility index (Phi) is 3.49. The highest BCUT2D eigenvalue weighted by molar-refractivity contribution is 5.29. The fraction of sp³-hybridized carbons (Fsp3) is 0.286. The standard InChI is InChI=1S/C14H17NO2/c1-11-13(10-16)6-7-15(11)9-12-4-3-5-14(8-12)17-2/h3-8,16H,9-10H2,1-2H3. The van der Waals surface area contributed by atoms with Gasteiger partial charge in [0.05, 0.1) is 13.7 Å². The molecule has 0 amide bonds. The van der Waals surface area contributed by atoms with Gasteiger partial charge >= 0.3 is 0 Å². The van der Waals surface area contributed by atoms with Crippen LogP contribution in [0.2, 0.25) is 0 Å². The lowest BCUT2D eigenvalue weighted by atomic mass is 10.2. The van der Waals surface area contributed by atoms with Gasteiger partial charge in [0.15, 0.2) is 0 Å². The number of benzene rings is 1. The van der Waals surface area contributed by atoms with E-state index >= 15 is 0 Å². The largest absolute Gasteiger partial charge is 0.497 e. The SMILES string of the molecule is COc1cccc(Cn2ccc(CO)c2C)c1. The molecule has 1 aromatic heterocycles. The first kappa shape index (κ1) is 11.7. The van der Waals surface area contributed by atoms with Gasteiger partial charge in [0.25, 0.3) is 0 Å². The minimum absolute atomic E-state index is 0.0942. The van der Waals surface area contributed by atoms with Crippen LogP contribution in [0.25, 0.3) is 0 Å². The Labute approximate surface area is 101 Å². The fourth-order valence-electron chi connectivity index (χ4n) is 1.90. The molecule has 0 aliphatic rings. The molecule has 2 rings (SSSR count). The van der Waals surface area contributed by atoms with Gasteiger partial charge in [-0.2, -0.15) is 0 Å². The van der Waals surface area contributed by atoms with Crippen LogP contribution in [0, 0.1) is 6.92 Å². The number of rotatable bonds is 4. The summed E-state index contributed by atoms with van der Waals surface area (Å²) in [7, 11) is 1.67. The molecule has 17 heavy (non-hydrogen) atoms. The number of hydrogen-bond donors (Lipinski definition) is 1. The van der Waals surface area contributed by atoms with E-state index in [2.05, 4.69) is 10.6 Å². The quantitative estimate of drug-likeness (QED) is 0.876. The first-order valence-electron chi connectivity index (χ1n) is 5.63. The number of aliphatic hydroxyl groups excluding tert-OH is 1. The van der Waals surface area contributed by atoms with Crippen molar-refractivity contribution in [3.8, 4) is 5.75 Å². The summed E-state index contributed by atoms with van der Waals surface area (Å²) in [4.78, 5) is 0. The van der Waals surface area contributed by atoms with E-state index in [0.717, 1.165) is 23.6 Å². The number of methoxy groups -OCH3 is 1. The topological polar surface area (TPSA) is 34.4 Å². The van der Waals surface area contributed by atoms with Crippen molar-refractivity contribution in [2.24, 2.45) is 0 Å². The van der Waals surface area contributed by atoms with Crippen LogP contribution in [0.3, 0.4) is 0 Å². The summed E-state index contributed by atoms with van der Waals surface area (Å²) in [6, 6.07) is 9.97. The first-order valence-corrected chi connectivity index (χ1v) is 5.63. The Balaban J connectivity index is 2.22. The van der Waals surface area contributed by atoms with E-state index in [1.165, 1.54) is 5.56 Å². The number of hydrogen-bond acceptors (Lipinski definition) is 2. The molecular weight excluding hydrogens is 214 g/mol. The van der Waals surface area contributed by atoms with Crippen LogP contribution in [0.4, 0.5) is 0 Å². The molecule has 0 fully saturated rings. The Hall–Kier alpha value is -1.74. The van der Waals surface area contributed by atoms with Gasteiger partial charge in [-0.25, -0.2) is 0 Å². The van der Waals surface area contributed by atoms with E-state index < -0.39 is 0 Å². The molecule has 0 aliphatic heterocycles. The molecule has 0 spiro atoms. The highest BCUT2D eigenvalue weighted by Crippen LogP contribution is 2.16. The summed E-state index contributed by atoms with van der Waals surface area (Å²) in [6.45, 7) is 2.91. The van der Waals surface area contributed by atoms with Crippen LogP contribution >= 0.6 is 0 Å². The second-order valence-electron chi connectivity index (χ2n) is 4.06. The average Bonchev–Trinajstić information content (AvgIpc) is 2.71. The monoisotopic (exact) mass is 231 g/mol. The fourth-order valence-corrected chi connectivity index (χ4v) is 1.90. The average molecular weight is 231 g/mol. The van der Waals surface area contributed by atoms with Crippen LogP contribution in [0.1, 0.15) is 16.8 Å². The molecule has 1 heterocycles. The molecule has 0 atom stereocenters. The van der Waals surface area contributed by atoms with Crippen molar-refractivity contribution in [1.82, 2.24) is 4.57 Å². The van der Waals surface area contributed by atoms with Crippen molar-refractivity contribution in [3.63, 3.8) is 0 Å². The van der Waals surface area contributed by atoms with Crippen molar-refractivity contribution in [2.75, 3.05) is 7.11 Å². The lowest BCUT2D eigenvalue weighted by molar-refractivity contribution is 0.281. The molecule has 0 saturated heterocycles. The molecule has 0 saturated carbocycles. The summed E-state index contributed by atoms with van der Waals surface area (Å²) in [6.07, 6.45) is 2.00. The number of aliphatic hydroxyl groups is 1. The third-order valence-electron chi connectivity index (χ3n) is 3.01. The Morgan fingerprint density at radius 2 is 2.12 bits per heavy atom. The summed E-state index contributed by atoms with van der Waals surface area (Å²) in [5.74, 6) is 0.870. The Morgan fingerprint density at radius 3 is 2.76 bits per heavy atom. The second kappa shape index (κ2) is 5.06. The molecule has 90 valence electrons. The number of ether oxygens (including phenoxy) is 1. The maximum atomic E-state index is 9.15.